The van der Waals surface area contributed by atoms with Gasteiger partial charge in [-0.1, -0.05) is 0 Å². The van der Waals surface area contributed by atoms with Gasteiger partial charge in [0.15, 0.2) is 0 Å². The first-order valence-corrected chi connectivity index (χ1v) is 6.38. The van der Waals surface area contributed by atoms with E-state index in [4.69, 9.17) is 16.3 Å². The minimum absolute atomic E-state index is 0. The zero-order valence-electron chi connectivity index (χ0n) is 10.6. The summed E-state index contributed by atoms with van der Waals surface area (Å²) in [5, 5.41) is 0. The number of alkyl halides is 1. The highest BCUT2D eigenvalue weighted by Gasteiger charge is 2.22. The number of rotatable bonds is 3. The van der Waals surface area contributed by atoms with Gasteiger partial charge in [0, 0.05) is 30.7 Å². The average Bonchev–Trinajstić information content (AvgIpc) is 2.34. The summed E-state index contributed by atoms with van der Waals surface area (Å²) in [7, 11) is 1.68. The number of aromatic nitrogens is 2. The molecule has 0 bridgehead atoms. The molecule has 0 saturated carbocycles. The molecular formula is C12H18Cl2N2O2. The van der Waals surface area contributed by atoms with E-state index in [0.717, 1.165) is 29.9 Å². The van der Waals surface area contributed by atoms with Gasteiger partial charge in [-0.25, -0.2) is 4.98 Å². The van der Waals surface area contributed by atoms with Crippen LogP contribution in [0.3, 0.4) is 0 Å². The zero-order chi connectivity index (χ0) is 12.4. The molecular weight excluding hydrogens is 275 g/mol. The number of fused-ring (bicyclic) bond motifs is 1. The lowest BCUT2D eigenvalue weighted by Crippen LogP contribution is -2.38. The van der Waals surface area contributed by atoms with Gasteiger partial charge in [-0.15, -0.1) is 24.0 Å². The average molecular weight is 293 g/mol. The molecule has 18 heavy (non-hydrogen) atoms. The van der Waals surface area contributed by atoms with E-state index < -0.39 is 0 Å². The minimum atomic E-state index is 0. The molecule has 0 amide bonds. The second-order valence-electron chi connectivity index (χ2n) is 4.34. The summed E-state index contributed by atoms with van der Waals surface area (Å²) in [5.41, 5.74) is 1.60. The van der Waals surface area contributed by atoms with Crippen molar-refractivity contribution in [1.82, 2.24) is 9.55 Å². The topological polar surface area (TPSA) is 44.1 Å². The summed E-state index contributed by atoms with van der Waals surface area (Å²) in [5.74, 6) is 1.32. The van der Waals surface area contributed by atoms with Crippen molar-refractivity contribution >= 4 is 24.0 Å². The number of methoxy groups -OCH3 is 1. The molecule has 4 nitrogen and oxygen atoms in total. The maximum Gasteiger partial charge on any atom is 0.257 e. The van der Waals surface area contributed by atoms with Gasteiger partial charge in [0.2, 0.25) is 0 Å². The van der Waals surface area contributed by atoms with Crippen molar-refractivity contribution < 1.29 is 4.74 Å². The molecule has 0 aliphatic carbocycles. The molecule has 1 unspecified atom stereocenters. The summed E-state index contributed by atoms with van der Waals surface area (Å²) < 4.78 is 7.06. The lowest BCUT2D eigenvalue weighted by atomic mass is 10.1. The SMILES string of the molecule is COC1CCc2nc(C)c(CCCl)c(=O)n2C1.Cl. The number of nitrogens with zero attached hydrogens (tertiary/aromatic N) is 2. The molecule has 102 valence electrons. The number of aryl methyl sites for hydroxylation is 2. The third kappa shape index (κ3) is 2.87. The summed E-state index contributed by atoms with van der Waals surface area (Å²) >= 11 is 5.72. The Morgan fingerprint density at radius 3 is 2.89 bits per heavy atom. The van der Waals surface area contributed by atoms with Crippen LogP contribution in [0.15, 0.2) is 4.79 Å². The van der Waals surface area contributed by atoms with Gasteiger partial charge in [-0.05, 0) is 19.8 Å². The highest BCUT2D eigenvalue weighted by Crippen LogP contribution is 2.15. The van der Waals surface area contributed by atoms with Crippen molar-refractivity contribution in [2.24, 2.45) is 0 Å². The second kappa shape index (κ2) is 6.55. The lowest BCUT2D eigenvalue weighted by molar-refractivity contribution is 0.0684. The molecule has 1 atom stereocenters. The van der Waals surface area contributed by atoms with E-state index in [-0.39, 0.29) is 24.1 Å². The van der Waals surface area contributed by atoms with Crippen LogP contribution in [-0.4, -0.2) is 28.6 Å². The Hall–Kier alpha value is -0.580. The molecule has 0 radical (unpaired) electrons. The van der Waals surface area contributed by atoms with E-state index in [2.05, 4.69) is 4.98 Å². The molecule has 0 N–H and O–H groups in total. The van der Waals surface area contributed by atoms with E-state index in [1.807, 2.05) is 6.92 Å². The van der Waals surface area contributed by atoms with Crippen LogP contribution in [0.25, 0.3) is 0 Å². The molecule has 1 aromatic rings. The summed E-state index contributed by atoms with van der Waals surface area (Å²) in [4.78, 5) is 16.8. The molecule has 0 aromatic carbocycles. The third-order valence-corrected chi connectivity index (χ3v) is 3.49. The van der Waals surface area contributed by atoms with E-state index in [1.165, 1.54) is 0 Å². The maximum absolute atomic E-state index is 12.3. The first-order chi connectivity index (χ1) is 8.17. The van der Waals surface area contributed by atoms with E-state index in [0.29, 0.717) is 18.8 Å². The van der Waals surface area contributed by atoms with Gasteiger partial charge >= 0.3 is 0 Å². The smallest absolute Gasteiger partial charge is 0.257 e. The number of hydrogen-bond donors (Lipinski definition) is 0. The van der Waals surface area contributed by atoms with Crippen molar-refractivity contribution in [3.63, 3.8) is 0 Å². The second-order valence-corrected chi connectivity index (χ2v) is 4.72. The normalized spacial score (nSPS) is 18.1. The Morgan fingerprint density at radius 2 is 2.28 bits per heavy atom. The first-order valence-electron chi connectivity index (χ1n) is 5.85. The molecule has 2 heterocycles. The van der Waals surface area contributed by atoms with Gasteiger partial charge in [0.25, 0.3) is 5.56 Å². The molecule has 0 spiro atoms. The molecule has 2 rings (SSSR count). The van der Waals surface area contributed by atoms with Crippen LogP contribution in [0.2, 0.25) is 0 Å². The van der Waals surface area contributed by atoms with Crippen molar-refractivity contribution in [3.8, 4) is 0 Å². The van der Waals surface area contributed by atoms with Crippen LogP contribution >= 0.6 is 24.0 Å². The zero-order valence-corrected chi connectivity index (χ0v) is 12.2. The van der Waals surface area contributed by atoms with Crippen molar-refractivity contribution in [1.29, 1.82) is 0 Å². The molecule has 0 fully saturated rings. The minimum Gasteiger partial charge on any atom is -0.380 e. The largest absolute Gasteiger partial charge is 0.380 e. The number of ether oxygens (including phenoxy) is 1. The van der Waals surface area contributed by atoms with Crippen molar-refractivity contribution in [2.75, 3.05) is 13.0 Å². The molecule has 1 aromatic heterocycles. The fourth-order valence-corrected chi connectivity index (χ4v) is 2.48. The van der Waals surface area contributed by atoms with Gasteiger partial charge in [-0.2, -0.15) is 0 Å². The standard InChI is InChI=1S/C12H17ClN2O2.ClH/c1-8-10(5-6-13)12(16)15-7-9(17-2)3-4-11(15)14-8;/h9H,3-7H2,1-2H3;1H. The van der Waals surface area contributed by atoms with E-state index in [1.54, 1.807) is 11.7 Å². The maximum atomic E-state index is 12.3. The lowest BCUT2D eigenvalue weighted by Gasteiger charge is -2.25. The van der Waals surface area contributed by atoms with E-state index in [9.17, 15) is 4.79 Å². The molecule has 6 heteroatoms. The van der Waals surface area contributed by atoms with Crippen LogP contribution in [0.1, 0.15) is 23.5 Å². The summed E-state index contributed by atoms with van der Waals surface area (Å²) in [6.07, 6.45) is 2.43. The highest BCUT2D eigenvalue weighted by molar-refractivity contribution is 6.17. The van der Waals surface area contributed by atoms with Gasteiger partial charge in [0.05, 0.1) is 12.6 Å². The van der Waals surface area contributed by atoms with Crippen molar-refractivity contribution in [3.05, 3.63) is 27.4 Å². The molecule has 0 saturated heterocycles. The molecule has 1 aliphatic rings. The van der Waals surface area contributed by atoms with Gasteiger partial charge in [0.1, 0.15) is 5.82 Å². The van der Waals surface area contributed by atoms with Crippen LogP contribution in [0, 0.1) is 6.92 Å². The summed E-state index contributed by atoms with van der Waals surface area (Å²) in [6.45, 7) is 2.49. The Morgan fingerprint density at radius 1 is 1.56 bits per heavy atom. The van der Waals surface area contributed by atoms with Gasteiger partial charge < -0.3 is 4.74 Å². The fourth-order valence-electron chi connectivity index (χ4n) is 2.30. The van der Waals surface area contributed by atoms with Crippen LogP contribution < -0.4 is 5.56 Å². The van der Waals surface area contributed by atoms with Gasteiger partial charge in [-0.3, -0.25) is 9.36 Å². The fraction of sp³-hybridized carbons (Fsp3) is 0.667. The van der Waals surface area contributed by atoms with Crippen molar-refractivity contribution in [2.45, 2.75) is 38.8 Å². The number of hydrogen-bond acceptors (Lipinski definition) is 3. The summed E-state index contributed by atoms with van der Waals surface area (Å²) in [6, 6.07) is 0. The number of halogens is 2. The monoisotopic (exact) mass is 292 g/mol. The first kappa shape index (κ1) is 15.5. The Bertz CT molecular complexity index is 474. The Labute approximate surface area is 118 Å². The van der Waals surface area contributed by atoms with E-state index >= 15 is 0 Å². The van der Waals surface area contributed by atoms with Crippen LogP contribution in [-0.2, 0) is 24.1 Å². The Kier molecular flexibility index (Phi) is 5.63. The predicted octanol–water partition coefficient (Wildman–Crippen LogP) is 1.72. The molecule has 1 aliphatic heterocycles. The highest BCUT2D eigenvalue weighted by atomic mass is 35.5. The van der Waals surface area contributed by atoms with Crippen LogP contribution in [0.4, 0.5) is 0 Å². The van der Waals surface area contributed by atoms with Crippen LogP contribution in [0.5, 0.6) is 0 Å². The third-order valence-electron chi connectivity index (χ3n) is 3.30. The predicted molar refractivity (Wildman–Crippen MR) is 74.0 cm³/mol. The quantitative estimate of drug-likeness (QED) is 0.797. The Balaban J connectivity index is 0.00000162.